The van der Waals surface area contributed by atoms with Gasteiger partial charge in [0.25, 0.3) is 6.47 Å². The molecule has 1 rings (SSSR count). The predicted molar refractivity (Wildman–Crippen MR) is 61.9 cm³/mol. The van der Waals surface area contributed by atoms with E-state index < -0.39 is 0 Å². The molecule has 80 valence electrons. The third-order valence-corrected chi connectivity index (χ3v) is 2.28. The van der Waals surface area contributed by atoms with E-state index in [9.17, 15) is 4.79 Å². The number of carbonyl (C=O) groups is 1. The summed E-state index contributed by atoms with van der Waals surface area (Å²) >= 11 is 5.89. The van der Waals surface area contributed by atoms with Crippen LogP contribution in [0.2, 0.25) is 5.02 Å². The third-order valence-electron chi connectivity index (χ3n) is 2.05. The molecule has 0 aliphatic heterocycles. The lowest BCUT2D eigenvalue weighted by Gasteiger charge is -2.03. The van der Waals surface area contributed by atoms with Gasteiger partial charge in [0.1, 0.15) is 6.61 Å². The Labute approximate surface area is 94.5 Å². The van der Waals surface area contributed by atoms with Crippen molar-refractivity contribution >= 4 is 24.1 Å². The van der Waals surface area contributed by atoms with Gasteiger partial charge in [0.05, 0.1) is 0 Å². The summed E-state index contributed by atoms with van der Waals surface area (Å²) in [7, 11) is 0. The fraction of sp³-hybridized carbons (Fsp3) is 0.250. The zero-order valence-electron chi connectivity index (χ0n) is 8.57. The average Bonchev–Trinajstić information content (AvgIpc) is 2.25. The first-order valence-corrected chi connectivity index (χ1v) is 5.16. The highest BCUT2D eigenvalue weighted by atomic mass is 35.5. The molecule has 0 bridgehead atoms. The second kappa shape index (κ2) is 6.25. The Morgan fingerprint density at radius 3 is 2.93 bits per heavy atom. The lowest BCUT2D eigenvalue weighted by molar-refractivity contribution is -0.127. The van der Waals surface area contributed by atoms with Gasteiger partial charge in [-0.15, -0.1) is 0 Å². The number of aryl methyl sites for hydroxylation is 1. The monoisotopic (exact) mass is 224 g/mol. The van der Waals surface area contributed by atoms with Crippen molar-refractivity contribution in [1.29, 1.82) is 0 Å². The fourth-order valence-electron chi connectivity index (χ4n) is 1.31. The summed E-state index contributed by atoms with van der Waals surface area (Å²) in [5, 5.41) is 0.711. The normalized spacial score (nSPS) is 10.5. The molecule has 0 saturated heterocycles. The third kappa shape index (κ3) is 3.76. The Bertz CT molecular complexity index is 359. The Hall–Kier alpha value is -1.28. The van der Waals surface area contributed by atoms with Gasteiger partial charge in [-0.2, -0.15) is 0 Å². The molecule has 2 nitrogen and oxygen atoms in total. The zero-order valence-corrected chi connectivity index (χ0v) is 9.33. The van der Waals surface area contributed by atoms with Gasteiger partial charge in [0.15, 0.2) is 0 Å². The van der Waals surface area contributed by atoms with Crippen LogP contribution in [0.5, 0.6) is 0 Å². The largest absolute Gasteiger partial charge is 0.464 e. The van der Waals surface area contributed by atoms with Crippen LogP contribution in [0, 0.1) is 0 Å². The molecule has 0 N–H and O–H groups in total. The van der Waals surface area contributed by atoms with Crippen molar-refractivity contribution in [1.82, 2.24) is 0 Å². The van der Waals surface area contributed by atoms with Crippen LogP contribution < -0.4 is 0 Å². The highest BCUT2D eigenvalue weighted by molar-refractivity contribution is 6.30. The number of halogens is 1. The van der Waals surface area contributed by atoms with E-state index in [4.69, 9.17) is 11.6 Å². The second-order valence-corrected chi connectivity index (χ2v) is 3.47. The molecule has 0 heterocycles. The van der Waals surface area contributed by atoms with Crippen LogP contribution >= 0.6 is 11.6 Å². The van der Waals surface area contributed by atoms with Crippen molar-refractivity contribution in [3.63, 3.8) is 0 Å². The Morgan fingerprint density at radius 1 is 1.47 bits per heavy atom. The van der Waals surface area contributed by atoms with E-state index in [1.807, 2.05) is 24.3 Å². The maximum absolute atomic E-state index is 9.92. The molecule has 0 aliphatic carbocycles. The predicted octanol–water partition coefficient (Wildman–Crippen LogP) is 3.09. The maximum Gasteiger partial charge on any atom is 0.293 e. The highest BCUT2D eigenvalue weighted by Crippen LogP contribution is 2.17. The Kier molecular flexibility index (Phi) is 4.91. The van der Waals surface area contributed by atoms with E-state index in [1.54, 1.807) is 6.08 Å². The van der Waals surface area contributed by atoms with E-state index in [1.165, 1.54) is 5.56 Å². The number of hydrogen-bond donors (Lipinski definition) is 0. The number of carbonyl (C=O) groups excluding carboxylic acids is 1. The topological polar surface area (TPSA) is 26.3 Å². The maximum atomic E-state index is 9.92. The van der Waals surface area contributed by atoms with Gasteiger partial charge in [0.2, 0.25) is 0 Å². The first-order valence-electron chi connectivity index (χ1n) is 4.78. The molecule has 0 unspecified atom stereocenters. The summed E-state index contributed by atoms with van der Waals surface area (Å²) < 4.78 is 4.56. The summed E-state index contributed by atoms with van der Waals surface area (Å²) in [6, 6.07) is 5.78. The highest BCUT2D eigenvalue weighted by Gasteiger charge is 1.97. The van der Waals surface area contributed by atoms with Crippen molar-refractivity contribution in [3.8, 4) is 0 Å². The number of rotatable bonds is 5. The van der Waals surface area contributed by atoms with Gasteiger partial charge in [-0.05, 0) is 35.8 Å². The van der Waals surface area contributed by atoms with Gasteiger partial charge in [-0.1, -0.05) is 30.7 Å². The molecule has 0 fully saturated rings. The van der Waals surface area contributed by atoms with Crippen LogP contribution in [-0.2, 0) is 16.0 Å². The van der Waals surface area contributed by atoms with Gasteiger partial charge in [0, 0.05) is 5.02 Å². The molecule has 1 aromatic rings. The SMILES string of the molecule is CCc1ccc(Cl)cc1/C=C/COC=O. The molecule has 3 heteroatoms. The van der Waals surface area contributed by atoms with E-state index in [0.29, 0.717) is 18.1 Å². The molecule has 0 spiro atoms. The first-order chi connectivity index (χ1) is 7.27. The van der Waals surface area contributed by atoms with Crippen LogP contribution in [0.15, 0.2) is 24.3 Å². The lowest BCUT2D eigenvalue weighted by atomic mass is 10.1. The minimum absolute atomic E-state index is 0.291. The number of hydrogen-bond acceptors (Lipinski definition) is 2. The molecule has 0 aromatic heterocycles. The first kappa shape index (κ1) is 11.8. The van der Waals surface area contributed by atoms with Gasteiger partial charge < -0.3 is 4.74 Å². The summed E-state index contributed by atoms with van der Waals surface area (Å²) in [4.78, 5) is 9.92. The quantitative estimate of drug-likeness (QED) is 0.568. The van der Waals surface area contributed by atoms with Crippen molar-refractivity contribution < 1.29 is 9.53 Å². The lowest BCUT2D eigenvalue weighted by Crippen LogP contribution is -1.88. The molecule has 0 atom stereocenters. The smallest absolute Gasteiger partial charge is 0.293 e. The van der Waals surface area contributed by atoms with Crippen molar-refractivity contribution in [3.05, 3.63) is 40.4 Å². The summed E-state index contributed by atoms with van der Waals surface area (Å²) in [6.07, 6.45) is 4.65. The van der Waals surface area contributed by atoms with Crippen LogP contribution in [0.25, 0.3) is 6.08 Å². The van der Waals surface area contributed by atoms with Crippen LogP contribution in [-0.4, -0.2) is 13.1 Å². The molecular formula is C12H13ClO2. The summed E-state index contributed by atoms with van der Waals surface area (Å²) in [5.41, 5.74) is 2.29. The average molecular weight is 225 g/mol. The standard InChI is InChI=1S/C12H13ClO2/c1-2-10-5-6-12(13)8-11(10)4-3-7-15-9-14/h3-6,8-9H,2,7H2,1H3/b4-3+. The molecule has 0 radical (unpaired) electrons. The number of benzene rings is 1. The van der Waals surface area contributed by atoms with E-state index in [2.05, 4.69) is 11.7 Å². The van der Waals surface area contributed by atoms with Crippen LogP contribution in [0.1, 0.15) is 18.1 Å². The molecule has 0 aliphatic rings. The van der Waals surface area contributed by atoms with Crippen molar-refractivity contribution in [2.75, 3.05) is 6.61 Å². The molecule has 1 aromatic carbocycles. The van der Waals surface area contributed by atoms with Gasteiger partial charge in [-0.3, -0.25) is 4.79 Å². The van der Waals surface area contributed by atoms with Crippen LogP contribution in [0.4, 0.5) is 0 Å². The fourth-order valence-corrected chi connectivity index (χ4v) is 1.49. The van der Waals surface area contributed by atoms with E-state index in [0.717, 1.165) is 12.0 Å². The Balaban J connectivity index is 2.77. The molecule has 0 amide bonds. The van der Waals surface area contributed by atoms with E-state index in [-0.39, 0.29) is 0 Å². The Morgan fingerprint density at radius 2 is 2.27 bits per heavy atom. The number of ether oxygens (including phenoxy) is 1. The van der Waals surface area contributed by atoms with Gasteiger partial charge >= 0.3 is 0 Å². The summed E-state index contributed by atoms with van der Waals surface area (Å²) in [5.74, 6) is 0. The minimum atomic E-state index is 0.291. The molecule has 15 heavy (non-hydrogen) atoms. The second-order valence-electron chi connectivity index (χ2n) is 3.03. The summed E-state index contributed by atoms with van der Waals surface area (Å²) in [6.45, 7) is 2.81. The zero-order chi connectivity index (χ0) is 11.1. The van der Waals surface area contributed by atoms with Gasteiger partial charge in [-0.25, -0.2) is 0 Å². The molecular weight excluding hydrogens is 212 g/mol. The molecule has 0 saturated carbocycles. The van der Waals surface area contributed by atoms with Crippen molar-refractivity contribution in [2.45, 2.75) is 13.3 Å². The minimum Gasteiger partial charge on any atom is -0.464 e. The van der Waals surface area contributed by atoms with E-state index >= 15 is 0 Å². The van der Waals surface area contributed by atoms with Crippen molar-refractivity contribution in [2.24, 2.45) is 0 Å². The van der Waals surface area contributed by atoms with Crippen LogP contribution in [0.3, 0.4) is 0 Å².